The van der Waals surface area contributed by atoms with E-state index in [4.69, 9.17) is 4.74 Å². The Labute approximate surface area is 160 Å². The molecule has 0 saturated carbocycles. The van der Waals surface area contributed by atoms with Crippen LogP contribution in [0.5, 0.6) is 5.75 Å². The Morgan fingerprint density at radius 3 is 2.48 bits per heavy atom. The summed E-state index contributed by atoms with van der Waals surface area (Å²) in [7, 11) is 0.0956. The maximum Gasteiger partial charge on any atom is 0.251 e. The molecule has 0 aliphatic carbocycles. The predicted molar refractivity (Wildman–Crippen MR) is 104 cm³/mol. The number of carbonyl (C=O) groups is 1. The zero-order chi connectivity index (χ0) is 19.7. The van der Waals surface area contributed by atoms with E-state index in [1.165, 1.54) is 12.1 Å². The third-order valence-electron chi connectivity index (χ3n) is 3.66. The summed E-state index contributed by atoms with van der Waals surface area (Å²) in [5.41, 5.74) is 0.303. The number of rotatable bonds is 10. The van der Waals surface area contributed by atoms with E-state index >= 15 is 0 Å². The average Bonchev–Trinajstić information content (AvgIpc) is 2.66. The first kappa shape index (κ1) is 20.9. The molecule has 0 bridgehead atoms. The highest BCUT2D eigenvalue weighted by Gasteiger charge is 2.16. The first-order chi connectivity index (χ1) is 12.9. The van der Waals surface area contributed by atoms with Gasteiger partial charge in [0.15, 0.2) is 0 Å². The van der Waals surface area contributed by atoms with Crippen LogP contribution in [0.1, 0.15) is 10.4 Å². The summed E-state index contributed by atoms with van der Waals surface area (Å²) in [6, 6.07) is 15.1. The molecule has 2 aromatic rings. The lowest BCUT2D eigenvalue weighted by molar-refractivity contribution is 0.0951. The summed E-state index contributed by atoms with van der Waals surface area (Å²) >= 11 is 0. The molecule has 0 aliphatic heterocycles. The van der Waals surface area contributed by atoms with Crippen molar-refractivity contribution in [2.24, 2.45) is 0 Å². The van der Waals surface area contributed by atoms with E-state index in [-0.39, 0.29) is 24.0 Å². The van der Waals surface area contributed by atoms with Gasteiger partial charge in [-0.25, -0.2) is 13.1 Å². The van der Waals surface area contributed by atoms with Gasteiger partial charge in [-0.2, -0.15) is 0 Å². The molecule has 0 heterocycles. The zero-order valence-electron chi connectivity index (χ0n) is 15.5. The normalized spacial score (nSPS) is 11.4. The van der Waals surface area contributed by atoms with Crippen molar-refractivity contribution in [3.05, 3.63) is 60.2 Å². The van der Waals surface area contributed by atoms with Gasteiger partial charge in [0, 0.05) is 25.2 Å². The number of hydrogen-bond donors (Lipinski definition) is 2. The molecule has 0 atom stereocenters. The van der Waals surface area contributed by atoms with E-state index in [2.05, 4.69) is 10.0 Å². The first-order valence-electron chi connectivity index (χ1n) is 8.59. The number of nitrogens with zero attached hydrogens (tertiary/aromatic N) is 1. The van der Waals surface area contributed by atoms with Crippen LogP contribution in [0, 0.1) is 0 Å². The third kappa shape index (κ3) is 7.01. The number of carbonyl (C=O) groups excluding carboxylic acids is 1. The molecule has 8 heteroatoms. The minimum Gasteiger partial charge on any atom is -0.492 e. The number of benzene rings is 2. The van der Waals surface area contributed by atoms with Crippen LogP contribution in [-0.2, 0) is 10.0 Å². The van der Waals surface area contributed by atoms with Crippen LogP contribution in [0.4, 0.5) is 0 Å². The smallest absolute Gasteiger partial charge is 0.251 e. The summed E-state index contributed by atoms with van der Waals surface area (Å²) in [6.45, 7) is 1.51. The van der Waals surface area contributed by atoms with Gasteiger partial charge in [0.2, 0.25) is 10.0 Å². The molecule has 2 aromatic carbocycles. The summed E-state index contributed by atoms with van der Waals surface area (Å²) < 4.78 is 32.8. The van der Waals surface area contributed by atoms with Crippen molar-refractivity contribution < 1.29 is 17.9 Å². The summed E-state index contributed by atoms with van der Waals surface area (Å²) in [5.74, 6) is 0.370. The van der Waals surface area contributed by atoms with E-state index in [0.717, 1.165) is 0 Å². The van der Waals surface area contributed by atoms with Crippen molar-refractivity contribution in [2.45, 2.75) is 4.90 Å². The molecule has 7 nitrogen and oxygen atoms in total. The Kier molecular flexibility index (Phi) is 7.78. The van der Waals surface area contributed by atoms with Crippen molar-refractivity contribution in [1.82, 2.24) is 14.9 Å². The van der Waals surface area contributed by atoms with Crippen LogP contribution in [0.2, 0.25) is 0 Å². The number of para-hydroxylation sites is 1. The standard InChI is InChI=1S/C19H25N3O4S/c1-22(2)13-11-20-19(23)16-7-6-10-18(15-16)27(24,25)21-12-14-26-17-8-4-3-5-9-17/h3-10,15,21H,11-14H2,1-2H3,(H,20,23). The van der Waals surface area contributed by atoms with Crippen LogP contribution in [-0.4, -0.2) is 59.6 Å². The lowest BCUT2D eigenvalue weighted by Gasteiger charge is -2.11. The molecule has 0 aliphatic rings. The number of amides is 1. The van der Waals surface area contributed by atoms with Crippen LogP contribution in [0.3, 0.4) is 0 Å². The fraction of sp³-hybridized carbons (Fsp3) is 0.316. The molecule has 1 amide bonds. The first-order valence-corrected chi connectivity index (χ1v) is 10.1. The molecule has 27 heavy (non-hydrogen) atoms. The van der Waals surface area contributed by atoms with Crippen LogP contribution >= 0.6 is 0 Å². The lowest BCUT2D eigenvalue weighted by Crippen LogP contribution is -2.32. The highest BCUT2D eigenvalue weighted by Crippen LogP contribution is 2.12. The molecule has 2 N–H and O–H groups in total. The highest BCUT2D eigenvalue weighted by atomic mass is 32.2. The van der Waals surface area contributed by atoms with Gasteiger partial charge in [0.1, 0.15) is 12.4 Å². The number of likely N-dealkylation sites (N-methyl/N-ethyl adjacent to an activating group) is 1. The summed E-state index contributed by atoms with van der Waals surface area (Å²) in [5, 5.41) is 2.76. The Hall–Kier alpha value is -2.42. The zero-order valence-corrected chi connectivity index (χ0v) is 16.3. The third-order valence-corrected chi connectivity index (χ3v) is 5.12. The van der Waals surface area contributed by atoms with E-state index in [0.29, 0.717) is 24.4 Å². The predicted octanol–water partition coefficient (Wildman–Crippen LogP) is 1.34. The molecular formula is C19H25N3O4S. The van der Waals surface area contributed by atoms with Gasteiger partial charge in [-0.15, -0.1) is 0 Å². The molecular weight excluding hydrogens is 366 g/mol. The summed E-state index contributed by atoms with van der Waals surface area (Å²) in [6.07, 6.45) is 0. The summed E-state index contributed by atoms with van der Waals surface area (Å²) in [4.78, 5) is 14.1. The van der Waals surface area contributed by atoms with Crippen molar-refractivity contribution >= 4 is 15.9 Å². The fourth-order valence-electron chi connectivity index (χ4n) is 2.24. The fourth-order valence-corrected chi connectivity index (χ4v) is 3.30. The van der Waals surface area contributed by atoms with Crippen LogP contribution < -0.4 is 14.8 Å². The lowest BCUT2D eigenvalue weighted by atomic mass is 10.2. The topological polar surface area (TPSA) is 87.7 Å². The van der Waals surface area contributed by atoms with Crippen LogP contribution in [0.25, 0.3) is 0 Å². The average molecular weight is 391 g/mol. The minimum atomic E-state index is -3.72. The van der Waals surface area contributed by atoms with E-state index in [9.17, 15) is 13.2 Å². The quantitative estimate of drug-likeness (QED) is 0.597. The Balaban J connectivity index is 1.90. The minimum absolute atomic E-state index is 0.0440. The van der Waals surface area contributed by atoms with Crippen molar-refractivity contribution in [3.63, 3.8) is 0 Å². The van der Waals surface area contributed by atoms with Gasteiger partial charge in [0.05, 0.1) is 4.90 Å². The van der Waals surface area contributed by atoms with Gasteiger partial charge in [0.25, 0.3) is 5.91 Å². The largest absolute Gasteiger partial charge is 0.492 e. The van der Waals surface area contributed by atoms with Gasteiger partial charge < -0.3 is 15.0 Å². The second-order valence-electron chi connectivity index (χ2n) is 6.15. The highest BCUT2D eigenvalue weighted by molar-refractivity contribution is 7.89. The van der Waals surface area contributed by atoms with Crippen molar-refractivity contribution in [1.29, 1.82) is 0 Å². The molecule has 0 fully saturated rings. The van der Waals surface area contributed by atoms with E-state index < -0.39 is 10.0 Å². The molecule has 0 aromatic heterocycles. The van der Waals surface area contributed by atoms with Gasteiger partial charge >= 0.3 is 0 Å². The molecule has 0 spiro atoms. The number of hydrogen-bond acceptors (Lipinski definition) is 5. The SMILES string of the molecule is CN(C)CCNC(=O)c1cccc(S(=O)(=O)NCCOc2ccccc2)c1. The monoisotopic (exact) mass is 391 g/mol. The van der Waals surface area contributed by atoms with Gasteiger partial charge in [-0.3, -0.25) is 4.79 Å². The van der Waals surface area contributed by atoms with Gasteiger partial charge in [-0.1, -0.05) is 24.3 Å². The Morgan fingerprint density at radius 1 is 1.04 bits per heavy atom. The molecule has 0 unspecified atom stereocenters. The van der Waals surface area contributed by atoms with Crippen molar-refractivity contribution in [3.8, 4) is 5.75 Å². The van der Waals surface area contributed by atoms with Gasteiger partial charge in [-0.05, 0) is 44.4 Å². The maximum atomic E-state index is 12.4. The Morgan fingerprint density at radius 2 is 1.78 bits per heavy atom. The Bertz CT molecular complexity index is 839. The van der Waals surface area contributed by atoms with E-state index in [1.54, 1.807) is 24.3 Å². The maximum absolute atomic E-state index is 12.4. The molecule has 0 radical (unpaired) electrons. The molecule has 2 rings (SSSR count). The number of ether oxygens (including phenoxy) is 1. The molecule has 146 valence electrons. The number of sulfonamides is 1. The number of nitrogens with one attached hydrogen (secondary N) is 2. The second-order valence-corrected chi connectivity index (χ2v) is 7.91. The van der Waals surface area contributed by atoms with Crippen molar-refractivity contribution in [2.75, 3.05) is 40.3 Å². The van der Waals surface area contributed by atoms with Crippen LogP contribution in [0.15, 0.2) is 59.5 Å². The molecule has 0 saturated heterocycles. The second kappa shape index (κ2) is 10.1. The van der Waals surface area contributed by atoms with E-state index in [1.807, 2.05) is 37.2 Å².